The summed E-state index contributed by atoms with van der Waals surface area (Å²) in [7, 11) is 0. The highest BCUT2D eigenvalue weighted by Crippen LogP contribution is 2.49. The van der Waals surface area contributed by atoms with Crippen molar-refractivity contribution < 1.29 is 44.3 Å². The van der Waals surface area contributed by atoms with Crippen LogP contribution >= 0.6 is 12.6 Å². The lowest BCUT2D eigenvalue weighted by atomic mass is 10.2. The molecule has 0 spiro atoms. The Bertz CT molecular complexity index is 485. The third kappa shape index (κ3) is 3.57. The third-order valence-electron chi connectivity index (χ3n) is 2.30. The van der Waals surface area contributed by atoms with Crippen LogP contribution in [0.1, 0.15) is 5.56 Å². The summed E-state index contributed by atoms with van der Waals surface area (Å²) < 4.78 is 117. The molecule has 0 saturated heterocycles. The lowest BCUT2D eigenvalue weighted by Crippen LogP contribution is -2.54. The molecule has 0 N–H and O–H groups in total. The first-order valence-corrected chi connectivity index (χ1v) is 5.37. The minimum atomic E-state index is -6.00. The average Bonchev–Trinajstić information content (AvgIpc) is 2.23. The SMILES string of the molecule is Fc1cc(F)c(COC(S)(C(F)(F)F)C(F)(F)F)c(F)c1. The first-order chi connectivity index (χ1) is 9.29. The minimum absolute atomic E-state index is 0.0865. The lowest BCUT2D eigenvalue weighted by molar-refractivity contribution is -0.342. The van der Waals surface area contributed by atoms with Gasteiger partial charge in [0.05, 0.1) is 6.61 Å². The van der Waals surface area contributed by atoms with Crippen LogP contribution < -0.4 is 0 Å². The number of rotatable bonds is 3. The van der Waals surface area contributed by atoms with Crippen molar-refractivity contribution in [3.63, 3.8) is 0 Å². The maximum absolute atomic E-state index is 13.1. The zero-order chi connectivity index (χ0) is 16.6. The van der Waals surface area contributed by atoms with E-state index in [9.17, 15) is 39.5 Å². The van der Waals surface area contributed by atoms with Crippen molar-refractivity contribution in [1.82, 2.24) is 0 Å². The van der Waals surface area contributed by atoms with Crippen molar-refractivity contribution in [3.8, 4) is 0 Å². The molecule has 0 fully saturated rings. The summed E-state index contributed by atoms with van der Waals surface area (Å²) in [4.78, 5) is -4.92. The van der Waals surface area contributed by atoms with Crippen molar-refractivity contribution in [2.45, 2.75) is 23.9 Å². The number of thiol groups is 1. The van der Waals surface area contributed by atoms with Crippen LogP contribution in [-0.4, -0.2) is 17.3 Å². The van der Waals surface area contributed by atoms with E-state index < -0.39 is 46.9 Å². The maximum atomic E-state index is 13.1. The van der Waals surface area contributed by atoms with Gasteiger partial charge in [0.15, 0.2) is 0 Å². The van der Waals surface area contributed by atoms with Gasteiger partial charge in [-0.1, -0.05) is 0 Å². The van der Waals surface area contributed by atoms with Gasteiger partial charge in [-0.05, 0) is 0 Å². The fourth-order valence-corrected chi connectivity index (χ4v) is 1.28. The molecule has 0 bridgehead atoms. The van der Waals surface area contributed by atoms with Gasteiger partial charge >= 0.3 is 17.3 Å². The second kappa shape index (κ2) is 5.59. The van der Waals surface area contributed by atoms with Crippen molar-refractivity contribution in [2.24, 2.45) is 0 Å². The summed E-state index contributed by atoms with van der Waals surface area (Å²) in [6, 6.07) is 0.173. The average molecular weight is 344 g/mol. The van der Waals surface area contributed by atoms with Gasteiger partial charge < -0.3 is 4.74 Å². The van der Waals surface area contributed by atoms with Gasteiger partial charge in [-0.3, -0.25) is 0 Å². The number of ether oxygens (including phenoxy) is 1. The molecule has 0 aliphatic rings. The number of alkyl halides is 6. The Morgan fingerprint density at radius 1 is 0.857 bits per heavy atom. The van der Waals surface area contributed by atoms with E-state index in [1.165, 1.54) is 0 Å². The maximum Gasteiger partial charge on any atom is 0.436 e. The smallest absolute Gasteiger partial charge is 0.344 e. The van der Waals surface area contributed by atoms with Gasteiger partial charge in [-0.15, -0.1) is 12.6 Å². The van der Waals surface area contributed by atoms with E-state index in [-0.39, 0.29) is 12.1 Å². The van der Waals surface area contributed by atoms with Crippen LogP contribution in [0.25, 0.3) is 0 Å². The summed E-state index contributed by atoms with van der Waals surface area (Å²) in [5.41, 5.74) is -1.29. The zero-order valence-corrected chi connectivity index (χ0v) is 10.5. The normalized spacial score (nSPS) is 13.6. The van der Waals surface area contributed by atoms with Crippen LogP contribution in [0.15, 0.2) is 12.1 Å². The topological polar surface area (TPSA) is 9.23 Å². The van der Waals surface area contributed by atoms with Gasteiger partial charge in [-0.25, -0.2) is 13.2 Å². The molecule has 0 saturated carbocycles. The molecule has 0 radical (unpaired) electrons. The van der Waals surface area contributed by atoms with E-state index in [2.05, 4.69) is 17.4 Å². The fraction of sp³-hybridized carbons (Fsp3) is 0.400. The number of halogens is 9. The van der Waals surface area contributed by atoms with Gasteiger partial charge in [0.2, 0.25) is 0 Å². The van der Waals surface area contributed by atoms with Crippen molar-refractivity contribution in [1.29, 1.82) is 0 Å². The number of benzene rings is 1. The summed E-state index contributed by atoms with van der Waals surface area (Å²) >= 11 is 2.41. The van der Waals surface area contributed by atoms with E-state index >= 15 is 0 Å². The summed E-state index contributed by atoms with van der Waals surface area (Å²) in [5, 5.41) is 0. The van der Waals surface area contributed by atoms with Crippen molar-refractivity contribution >= 4 is 12.6 Å². The number of hydrogen-bond donors (Lipinski definition) is 1. The van der Waals surface area contributed by atoms with E-state index in [1.807, 2.05) is 0 Å². The van der Waals surface area contributed by atoms with E-state index in [0.29, 0.717) is 0 Å². The molecule has 0 unspecified atom stereocenters. The van der Waals surface area contributed by atoms with Crippen LogP contribution in [0.5, 0.6) is 0 Å². The Morgan fingerprint density at radius 3 is 1.57 bits per heavy atom. The molecule has 0 amide bonds. The molecule has 0 heterocycles. The van der Waals surface area contributed by atoms with Gasteiger partial charge in [0, 0.05) is 17.7 Å². The second-order valence-electron chi connectivity index (χ2n) is 3.78. The van der Waals surface area contributed by atoms with Crippen LogP contribution in [0.4, 0.5) is 39.5 Å². The van der Waals surface area contributed by atoms with Gasteiger partial charge in [-0.2, -0.15) is 26.3 Å². The van der Waals surface area contributed by atoms with Crippen LogP contribution in [0, 0.1) is 17.5 Å². The molecule has 0 atom stereocenters. The monoisotopic (exact) mass is 344 g/mol. The molecule has 1 rings (SSSR count). The quantitative estimate of drug-likeness (QED) is 0.487. The Kier molecular flexibility index (Phi) is 4.78. The van der Waals surface area contributed by atoms with Crippen molar-refractivity contribution in [2.75, 3.05) is 0 Å². The molecule has 0 aliphatic heterocycles. The predicted octanol–water partition coefficient (Wildman–Crippen LogP) is 4.37. The fourth-order valence-electron chi connectivity index (χ4n) is 1.21. The summed E-state index contributed by atoms with van der Waals surface area (Å²) in [6.45, 7) is -1.75. The first-order valence-electron chi connectivity index (χ1n) is 4.93. The first kappa shape index (κ1) is 18.0. The minimum Gasteiger partial charge on any atom is -0.344 e. The molecular formula is C10H5F9OS. The highest BCUT2D eigenvalue weighted by Gasteiger charge is 2.70. The molecule has 1 nitrogen and oxygen atoms in total. The highest BCUT2D eigenvalue weighted by molar-refractivity contribution is 7.81. The van der Waals surface area contributed by atoms with Crippen LogP contribution in [0.2, 0.25) is 0 Å². The Balaban J connectivity index is 3.10. The summed E-state index contributed by atoms with van der Waals surface area (Å²) in [5.74, 6) is -4.77. The van der Waals surface area contributed by atoms with Crippen molar-refractivity contribution in [3.05, 3.63) is 35.1 Å². The van der Waals surface area contributed by atoms with Gasteiger partial charge in [0.25, 0.3) is 0 Å². The molecule has 120 valence electrons. The van der Waals surface area contributed by atoms with Gasteiger partial charge in [0.1, 0.15) is 17.5 Å². The molecule has 0 aromatic heterocycles. The predicted molar refractivity (Wildman–Crippen MR) is 54.9 cm³/mol. The largest absolute Gasteiger partial charge is 0.436 e. The highest BCUT2D eigenvalue weighted by atomic mass is 32.1. The summed E-state index contributed by atoms with van der Waals surface area (Å²) in [6.07, 6.45) is -12.0. The van der Waals surface area contributed by atoms with E-state index in [4.69, 9.17) is 0 Å². The Hall–Kier alpha value is -1.10. The number of hydrogen-bond acceptors (Lipinski definition) is 2. The Morgan fingerprint density at radius 2 is 1.24 bits per heavy atom. The molecule has 21 heavy (non-hydrogen) atoms. The molecule has 11 heteroatoms. The molecule has 1 aromatic carbocycles. The molecular weight excluding hydrogens is 339 g/mol. The third-order valence-corrected chi connectivity index (χ3v) is 2.94. The molecule has 1 aromatic rings. The van der Waals surface area contributed by atoms with E-state index in [0.717, 1.165) is 0 Å². The Labute approximate surface area is 117 Å². The van der Waals surface area contributed by atoms with Crippen LogP contribution in [-0.2, 0) is 11.3 Å². The lowest BCUT2D eigenvalue weighted by Gasteiger charge is -2.32. The van der Waals surface area contributed by atoms with Crippen LogP contribution in [0.3, 0.4) is 0 Å². The molecule has 0 aliphatic carbocycles. The van der Waals surface area contributed by atoms with E-state index in [1.54, 1.807) is 0 Å². The second-order valence-corrected chi connectivity index (χ2v) is 4.41. The standard InChI is InChI=1S/C10H5F9OS/c11-4-1-6(12)5(7(13)2-4)3-20-8(21,9(14,15)16)10(17,18)19/h1-2,21H,3H2. The zero-order valence-electron chi connectivity index (χ0n) is 9.62.